The number of nitriles is 2. The number of rotatable bonds is 27. The van der Waals surface area contributed by atoms with Gasteiger partial charge in [0.2, 0.25) is 0 Å². The Balaban J connectivity index is 0.000000149. The maximum Gasteiger partial charge on any atom is 0.271 e. The summed E-state index contributed by atoms with van der Waals surface area (Å²) in [7, 11) is 3.90. The lowest BCUT2D eigenvalue weighted by atomic mass is 10.1. The molecule has 0 spiro atoms. The third-order valence-corrected chi connectivity index (χ3v) is 23.7. The van der Waals surface area contributed by atoms with Crippen LogP contribution in [-0.2, 0) is 6.42 Å². The predicted molar refractivity (Wildman–Crippen MR) is 520 cm³/mol. The summed E-state index contributed by atoms with van der Waals surface area (Å²) >= 11 is 0. The summed E-state index contributed by atoms with van der Waals surface area (Å²) in [6.07, 6.45) is 28.7. The number of likely N-dealkylation sites (N-methyl/N-ethyl adjacent to an activating group) is 2. The number of hydrogen-bond donors (Lipinski definition) is 9. The highest BCUT2D eigenvalue weighted by Gasteiger charge is 2.22. The fraction of sp³-hybridized carbons (Fsp3) is 0.314. The zero-order valence-electron chi connectivity index (χ0n) is 74.7. The third kappa shape index (κ3) is 26.4. The highest BCUT2D eigenvalue weighted by molar-refractivity contribution is 6.07. The van der Waals surface area contributed by atoms with Gasteiger partial charge in [-0.05, 0) is 287 Å². The second-order valence-electron chi connectivity index (χ2n) is 32.7. The van der Waals surface area contributed by atoms with Crippen molar-refractivity contribution in [2.24, 2.45) is 0 Å². The van der Waals surface area contributed by atoms with Gasteiger partial charge in [0, 0.05) is 194 Å². The van der Waals surface area contributed by atoms with Crippen molar-refractivity contribution in [3.8, 4) is 57.0 Å². The van der Waals surface area contributed by atoms with Gasteiger partial charge in [0.15, 0.2) is 0 Å². The lowest BCUT2D eigenvalue weighted by Gasteiger charge is -2.28. The number of carbonyl (C=O) groups is 4. The predicted octanol–water partition coefficient (Wildman–Crippen LogP) is 15.8. The van der Waals surface area contributed by atoms with Gasteiger partial charge in [-0.25, -0.2) is 4.98 Å². The molecular weight excluding hydrogens is 1650 g/mol. The molecule has 131 heavy (non-hydrogen) atoms. The normalized spacial score (nSPS) is 13.5. The summed E-state index contributed by atoms with van der Waals surface area (Å²) in [6.45, 7) is 17.7. The summed E-state index contributed by atoms with van der Waals surface area (Å²) in [5.41, 5.74) is 13.0. The molecule has 4 aliphatic heterocycles. The van der Waals surface area contributed by atoms with E-state index in [2.05, 4.69) is 106 Å². The Bertz CT molecular complexity index is 6010. The van der Waals surface area contributed by atoms with Crippen LogP contribution in [0.25, 0.3) is 44.9 Å². The van der Waals surface area contributed by atoms with E-state index in [4.69, 9.17) is 20.5 Å². The maximum absolute atomic E-state index is 12.9. The van der Waals surface area contributed by atoms with Gasteiger partial charge in [-0.1, -0.05) is 26.0 Å². The molecule has 9 N–H and O–H groups in total. The zero-order chi connectivity index (χ0) is 91.8. The Morgan fingerprint density at radius 2 is 0.779 bits per heavy atom. The fourth-order valence-corrected chi connectivity index (χ4v) is 16.1. The minimum Gasteiger partial charge on any atom is -0.372 e. The highest BCUT2D eigenvalue weighted by atomic mass is 16.2. The molecule has 4 fully saturated rings. The standard InChI is InChI=1S/C30H39N5O2.C26H32N6O2.2C23H21N5O2/c1-3-34(4-2)18-9-6-11-25-12-10-13-27(32-25)24-21-28(30(37)31-22-24)33-29(36)23-14-16-26(17-15-23)35-19-7-5-8-20-35;1-27-13-16-31(2)24-8-6-7-22(29-24)20-17-23(26(34)28-18-20)30-25(33)19-9-11-21(12-10-19)32-14-4-3-5-15-32;24-14-16-8-9-25-20(12-16)18-13-21(23(30)26-15-18)27-22(29)17-4-6-19(7-5-17)28-10-2-1-3-11-28;24-12-16-10-18(14-25-13-16)19-11-21(23(30)26-15-19)27-22(29)17-4-6-20(7-5-17)28-8-2-1-3-9-28/h10,12-17,21-22H,3-9,11,18-20H2,1-2H3,(H,31,37)(H,33,36);6-12,17-18,27H,3-5,13-16H2,1-2H3,(H,28,34)(H,30,33);4-9,12-13,15H,1-3,10-11H2,(H,26,30)(H,27,29);4-7,10-11,13-15H,1-3,8-9H2,(H,26,30)(H,27,29). The molecule has 29 nitrogen and oxygen atoms in total. The van der Waals surface area contributed by atoms with Crippen LogP contribution in [0.3, 0.4) is 0 Å². The highest BCUT2D eigenvalue weighted by Crippen LogP contribution is 2.30. The number of unbranched alkanes of at least 4 members (excludes halogenated alkanes) is 1. The number of carbonyl (C=O) groups excluding carboxylic acids is 4. The Morgan fingerprint density at radius 1 is 0.405 bits per heavy atom. The molecule has 0 atom stereocenters. The van der Waals surface area contributed by atoms with E-state index in [1.807, 2.05) is 129 Å². The van der Waals surface area contributed by atoms with Crippen LogP contribution >= 0.6 is 0 Å². The molecule has 4 saturated heterocycles. The number of nitrogens with zero attached hydrogens (tertiary/aromatic N) is 12. The van der Waals surface area contributed by atoms with Crippen molar-refractivity contribution >= 4 is 74.9 Å². The quantitative estimate of drug-likeness (QED) is 0.0216. The van der Waals surface area contributed by atoms with Crippen LogP contribution in [0, 0.1) is 22.7 Å². The Labute approximate surface area is 762 Å². The van der Waals surface area contributed by atoms with Gasteiger partial charge in [0.1, 0.15) is 34.6 Å². The minimum atomic E-state index is -0.409. The SMILES string of the molecule is CCN(CC)CCCCc1cccc(-c2c[nH]c(=O)c(NC(=O)c3ccc(N4CCCCC4)cc3)c2)n1.CNCCN(C)c1cccc(-c2c[nH]c(=O)c(NC(=O)c3ccc(N4CCCCC4)cc3)c2)n1.N#Cc1ccnc(-c2c[nH]c(=O)c(NC(=O)c3ccc(N4CCCCC4)cc3)c2)c1.N#Cc1cncc(-c2c[nH]c(=O)c(NC(=O)c3ccc(N4CCCCC4)cc3)c2)c1. The van der Waals surface area contributed by atoms with E-state index in [1.165, 1.54) is 102 Å². The van der Waals surface area contributed by atoms with Gasteiger partial charge in [0.25, 0.3) is 45.9 Å². The van der Waals surface area contributed by atoms with Gasteiger partial charge in [-0.15, -0.1) is 0 Å². The maximum atomic E-state index is 12.9. The molecule has 4 amide bonds. The number of aryl methyl sites for hydroxylation is 1. The molecular formula is C102H113N21O8. The molecule has 8 aromatic heterocycles. The van der Waals surface area contributed by atoms with Crippen LogP contribution in [0.15, 0.2) is 238 Å². The van der Waals surface area contributed by atoms with Crippen LogP contribution < -0.4 is 73.3 Å². The molecule has 4 aromatic carbocycles. The number of anilines is 9. The molecule has 674 valence electrons. The van der Waals surface area contributed by atoms with Crippen molar-refractivity contribution in [1.82, 2.24) is 50.1 Å². The van der Waals surface area contributed by atoms with Crippen molar-refractivity contribution in [2.75, 3.05) is 145 Å². The molecule has 0 saturated carbocycles. The Hall–Kier alpha value is -14.9. The smallest absolute Gasteiger partial charge is 0.271 e. The van der Waals surface area contributed by atoms with E-state index in [9.17, 15) is 38.4 Å². The summed E-state index contributed by atoms with van der Waals surface area (Å²) in [4.78, 5) is 143. The average Bonchev–Trinajstić information content (AvgIpc) is 0.827. The molecule has 29 heteroatoms. The molecule has 0 radical (unpaired) electrons. The molecule has 12 aromatic rings. The summed E-state index contributed by atoms with van der Waals surface area (Å²) in [5.74, 6) is -0.504. The van der Waals surface area contributed by atoms with Crippen molar-refractivity contribution in [3.05, 3.63) is 300 Å². The Kier molecular flexibility index (Phi) is 33.8. The van der Waals surface area contributed by atoms with E-state index in [0.29, 0.717) is 61.5 Å². The lowest BCUT2D eigenvalue weighted by Crippen LogP contribution is -2.29. The van der Waals surface area contributed by atoms with Crippen molar-refractivity contribution < 1.29 is 19.2 Å². The van der Waals surface area contributed by atoms with E-state index in [0.717, 1.165) is 155 Å². The number of amides is 4. The third-order valence-electron chi connectivity index (χ3n) is 23.7. The van der Waals surface area contributed by atoms with Crippen LogP contribution in [0.1, 0.15) is 162 Å². The monoisotopic (exact) mass is 1760 g/mol. The largest absolute Gasteiger partial charge is 0.372 e. The first-order valence-corrected chi connectivity index (χ1v) is 45.2. The van der Waals surface area contributed by atoms with Gasteiger partial charge < -0.3 is 75.9 Å². The zero-order valence-corrected chi connectivity index (χ0v) is 74.7. The van der Waals surface area contributed by atoms with E-state index in [-0.39, 0.29) is 57.5 Å². The van der Waals surface area contributed by atoms with Crippen molar-refractivity contribution in [1.29, 1.82) is 10.5 Å². The molecule has 0 unspecified atom stereocenters. The van der Waals surface area contributed by atoms with Crippen LogP contribution in [0.4, 0.5) is 51.3 Å². The Morgan fingerprint density at radius 3 is 1.17 bits per heavy atom. The summed E-state index contributed by atoms with van der Waals surface area (Å²) in [5, 5.41) is 32.1. The number of piperidine rings is 4. The van der Waals surface area contributed by atoms with Crippen molar-refractivity contribution in [3.63, 3.8) is 0 Å². The van der Waals surface area contributed by atoms with Gasteiger partial charge in [-0.3, -0.25) is 53.3 Å². The first kappa shape index (κ1) is 93.7. The molecule has 0 aliphatic carbocycles. The van der Waals surface area contributed by atoms with E-state index in [1.54, 1.807) is 85.3 Å². The van der Waals surface area contributed by atoms with Crippen LogP contribution in [0.2, 0.25) is 0 Å². The number of benzene rings is 4. The minimum absolute atomic E-state index is 0.127. The molecule has 12 heterocycles. The second kappa shape index (κ2) is 47.2. The molecule has 0 bridgehead atoms. The number of pyridine rings is 8. The first-order chi connectivity index (χ1) is 63.9. The first-order valence-electron chi connectivity index (χ1n) is 45.2. The second-order valence-corrected chi connectivity index (χ2v) is 32.7. The van der Waals surface area contributed by atoms with Crippen LogP contribution in [0.5, 0.6) is 0 Å². The van der Waals surface area contributed by atoms with Gasteiger partial charge in [-0.2, -0.15) is 10.5 Å². The topological polar surface area (TPSA) is 378 Å². The number of nitrogens with one attached hydrogen (secondary N) is 9. The van der Waals surface area contributed by atoms with Gasteiger partial charge >= 0.3 is 0 Å². The summed E-state index contributed by atoms with van der Waals surface area (Å²) < 4.78 is 0. The number of aromatic nitrogens is 8. The number of H-pyrrole nitrogens is 4. The number of aromatic amines is 4. The van der Waals surface area contributed by atoms with E-state index >= 15 is 0 Å². The van der Waals surface area contributed by atoms with E-state index < -0.39 is 11.1 Å². The fourth-order valence-electron chi connectivity index (χ4n) is 16.1. The molecule has 4 aliphatic rings. The lowest BCUT2D eigenvalue weighted by molar-refractivity contribution is 0.101. The van der Waals surface area contributed by atoms with Gasteiger partial charge in [0.05, 0.1) is 34.3 Å². The summed E-state index contributed by atoms with van der Waals surface area (Å²) in [6, 6.07) is 57.3. The van der Waals surface area contributed by atoms with Crippen molar-refractivity contribution in [2.45, 2.75) is 110 Å². The molecule has 16 rings (SSSR count). The number of hydrogen-bond acceptors (Lipinski definition) is 21. The average molecular weight is 1760 g/mol. The van der Waals surface area contributed by atoms with Crippen LogP contribution in [-0.4, -0.2) is 168 Å².